The topological polar surface area (TPSA) is 71.2 Å². The van der Waals surface area contributed by atoms with Crippen LogP contribution in [0.15, 0.2) is 18.2 Å². The van der Waals surface area contributed by atoms with E-state index < -0.39 is 12.0 Å². The standard InChI is InChI=1S/C19H23FN2O3/c1-6-25-19(24)16-11(3)17(22-12(16)4)18(23)13(5)21-14-8-7-10(2)15(20)9-14/h7-9,13,21-22H,6H2,1-5H3/t13-/m0/s1. The van der Waals surface area contributed by atoms with Crippen molar-refractivity contribution in [3.05, 3.63) is 52.1 Å². The van der Waals surface area contributed by atoms with Crippen molar-refractivity contribution in [2.45, 2.75) is 40.7 Å². The zero-order valence-electron chi connectivity index (χ0n) is 15.1. The summed E-state index contributed by atoms with van der Waals surface area (Å²) < 4.78 is 18.7. The molecule has 1 aromatic carbocycles. The molecule has 0 saturated carbocycles. The summed E-state index contributed by atoms with van der Waals surface area (Å²) in [6.45, 7) is 8.80. The summed E-state index contributed by atoms with van der Waals surface area (Å²) in [5.74, 6) is -0.993. The summed E-state index contributed by atoms with van der Waals surface area (Å²) in [6, 6.07) is 4.14. The Hall–Kier alpha value is -2.63. The van der Waals surface area contributed by atoms with Crippen LogP contribution >= 0.6 is 0 Å². The Morgan fingerprint density at radius 1 is 1.28 bits per heavy atom. The van der Waals surface area contributed by atoms with Crippen molar-refractivity contribution < 1.29 is 18.7 Å². The molecule has 0 spiro atoms. The molecule has 0 fully saturated rings. The van der Waals surface area contributed by atoms with Gasteiger partial charge in [0.05, 0.1) is 23.9 Å². The molecule has 1 aromatic heterocycles. The maximum atomic E-state index is 13.7. The highest BCUT2D eigenvalue weighted by molar-refractivity contribution is 6.04. The number of nitrogens with one attached hydrogen (secondary N) is 2. The second kappa shape index (κ2) is 7.51. The van der Waals surface area contributed by atoms with E-state index in [1.807, 2.05) is 0 Å². The summed E-state index contributed by atoms with van der Waals surface area (Å²) in [7, 11) is 0. The van der Waals surface area contributed by atoms with Gasteiger partial charge in [-0.25, -0.2) is 9.18 Å². The smallest absolute Gasteiger partial charge is 0.340 e. The number of aromatic nitrogens is 1. The predicted molar refractivity (Wildman–Crippen MR) is 94.8 cm³/mol. The van der Waals surface area contributed by atoms with Crippen LogP contribution in [0.2, 0.25) is 0 Å². The molecule has 1 atom stereocenters. The first kappa shape index (κ1) is 18.7. The van der Waals surface area contributed by atoms with Crippen LogP contribution in [-0.2, 0) is 4.74 Å². The van der Waals surface area contributed by atoms with Gasteiger partial charge in [-0.15, -0.1) is 0 Å². The Kier molecular flexibility index (Phi) is 5.62. The summed E-state index contributed by atoms with van der Waals surface area (Å²) in [6.07, 6.45) is 0. The van der Waals surface area contributed by atoms with E-state index in [0.29, 0.717) is 33.8 Å². The highest BCUT2D eigenvalue weighted by Crippen LogP contribution is 2.22. The lowest BCUT2D eigenvalue weighted by Gasteiger charge is -2.14. The quantitative estimate of drug-likeness (QED) is 0.614. The predicted octanol–water partition coefficient (Wildman–Crippen LogP) is 3.94. The molecular formula is C19H23FN2O3. The number of hydrogen-bond donors (Lipinski definition) is 2. The van der Waals surface area contributed by atoms with Crippen LogP contribution in [-0.4, -0.2) is 29.4 Å². The van der Waals surface area contributed by atoms with Gasteiger partial charge < -0.3 is 15.0 Å². The second-order valence-corrected chi connectivity index (χ2v) is 6.04. The molecular weight excluding hydrogens is 323 g/mol. The Morgan fingerprint density at radius 2 is 1.96 bits per heavy atom. The first-order valence-electron chi connectivity index (χ1n) is 8.19. The summed E-state index contributed by atoms with van der Waals surface area (Å²) in [5.41, 5.74) is 2.96. The van der Waals surface area contributed by atoms with Crippen molar-refractivity contribution in [1.29, 1.82) is 0 Å². The van der Waals surface area contributed by atoms with Crippen LogP contribution in [0.1, 0.15) is 51.5 Å². The Bertz CT molecular complexity index is 811. The molecule has 0 bridgehead atoms. The molecule has 2 N–H and O–H groups in total. The molecule has 6 heteroatoms. The molecule has 0 aliphatic heterocycles. The molecule has 1 heterocycles. The first-order valence-corrected chi connectivity index (χ1v) is 8.19. The fourth-order valence-electron chi connectivity index (χ4n) is 2.72. The average Bonchev–Trinajstić information content (AvgIpc) is 2.85. The zero-order chi connectivity index (χ0) is 18.7. The number of carbonyl (C=O) groups excluding carboxylic acids is 2. The molecule has 5 nitrogen and oxygen atoms in total. The van der Waals surface area contributed by atoms with Gasteiger partial charge in [0.25, 0.3) is 0 Å². The van der Waals surface area contributed by atoms with Gasteiger partial charge >= 0.3 is 5.97 Å². The number of benzene rings is 1. The van der Waals surface area contributed by atoms with E-state index in [4.69, 9.17) is 4.74 Å². The molecule has 0 saturated heterocycles. The first-order chi connectivity index (χ1) is 11.8. The van der Waals surface area contributed by atoms with Crippen molar-refractivity contribution in [3.63, 3.8) is 0 Å². The average molecular weight is 346 g/mol. The summed E-state index contributed by atoms with van der Waals surface area (Å²) in [5, 5.41) is 2.99. The third-order valence-corrected chi connectivity index (χ3v) is 4.11. The number of halogens is 1. The van der Waals surface area contributed by atoms with Gasteiger partial charge in [0.15, 0.2) is 0 Å². The Labute approximate surface area is 146 Å². The molecule has 2 rings (SSSR count). The monoisotopic (exact) mass is 346 g/mol. The van der Waals surface area contributed by atoms with Crippen LogP contribution in [0, 0.1) is 26.6 Å². The molecule has 0 amide bonds. The van der Waals surface area contributed by atoms with Gasteiger partial charge in [-0.3, -0.25) is 4.79 Å². The fourth-order valence-corrected chi connectivity index (χ4v) is 2.72. The number of aryl methyl sites for hydroxylation is 2. The molecule has 2 aromatic rings. The Morgan fingerprint density at radius 3 is 2.56 bits per heavy atom. The molecule has 25 heavy (non-hydrogen) atoms. The van der Waals surface area contributed by atoms with Gasteiger partial charge in [0.2, 0.25) is 5.78 Å². The van der Waals surface area contributed by atoms with Crippen LogP contribution in [0.3, 0.4) is 0 Å². The zero-order valence-corrected chi connectivity index (χ0v) is 15.1. The third kappa shape index (κ3) is 3.90. The van der Waals surface area contributed by atoms with Crippen molar-refractivity contribution >= 4 is 17.4 Å². The number of Topliss-reactive ketones (excluding diaryl/α,β-unsaturated/α-hetero) is 1. The Balaban J connectivity index is 2.23. The van der Waals surface area contributed by atoms with Crippen molar-refractivity contribution in [2.24, 2.45) is 0 Å². The molecule has 0 radical (unpaired) electrons. The van der Waals surface area contributed by atoms with Gasteiger partial charge in [0.1, 0.15) is 5.82 Å². The number of ketones is 1. The van der Waals surface area contributed by atoms with Crippen molar-refractivity contribution in [2.75, 3.05) is 11.9 Å². The normalized spacial score (nSPS) is 11.9. The highest BCUT2D eigenvalue weighted by atomic mass is 19.1. The number of rotatable bonds is 6. The number of ether oxygens (including phenoxy) is 1. The lowest BCUT2D eigenvalue weighted by Crippen LogP contribution is -2.27. The van der Waals surface area contributed by atoms with Gasteiger partial charge in [-0.05, 0) is 57.9 Å². The SMILES string of the molecule is CCOC(=O)c1c(C)[nH]c(C(=O)[C@H](C)Nc2ccc(C)c(F)c2)c1C. The van der Waals surface area contributed by atoms with Crippen LogP contribution in [0.25, 0.3) is 0 Å². The largest absolute Gasteiger partial charge is 0.462 e. The molecule has 134 valence electrons. The summed E-state index contributed by atoms with van der Waals surface area (Å²) in [4.78, 5) is 27.7. The van der Waals surface area contributed by atoms with E-state index in [2.05, 4.69) is 10.3 Å². The lowest BCUT2D eigenvalue weighted by molar-refractivity contribution is 0.0525. The van der Waals surface area contributed by atoms with E-state index >= 15 is 0 Å². The van der Waals surface area contributed by atoms with E-state index in [1.165, 1.54) is 6.07 Å². The number of anilines is 1. The van der Waals surface area contributed by atoms with E-state index in [-0.39, 0.29) is 18.2 Å². The maximum Gasteiger partial charge on any atom is 0.340 e. The number of aromatic amines is 1. The van der Waals surface area contributed by atoms with Crippen molar-refractivity contribution in [1.82, 2.24) is 4.98 Å². The second-order valence-electron chi connectivity index (χ2n) is 6.04. The highest BCUT2D eigenvalue weighted by Gasteiger charge is 2.25. The van der Waals surface area contributed by atoms with Crippen molar-refractivity contribution in [3.8, 4) is 0 Å². The molecule has 0 aliphatic rings. The van der Waals surface area contributed by atoms with E-state index in [1.54, 1.807) is 46.8 Å². The minimum Gasteiger partial charge on any atom is -0.462 e. The van der Waals surface area contributed by atoms with E-state index in [9.17, 15) is 14.0 Å². The van der Waals surface area contributed by atoms with Gasteiger partial charge in [-0.2, -0.15) is 0 Å². The molecule has 0 unspecified atom stereocenters. The van der Waals surface area contributed by atoms with Gasteiger partial charge in [-0.1, -0.05) is 6.07 Å². The minimum atomic E-state index is -0.589. The molecule has 0 aliphatic carbocycles. The number of hydrogen-bond acceptors (Lipinski definition) is 4. The third-order valence-electron chi connectivity index (χ3n) is 4.11. The van der Waals surface area contributed by atoms with Crippen LogP contribution in [0.5, 0.6) is 0 Å². The van der Waals surface area contributed by atoms with E-state index in [0.717, 1.165) is 0 Å². The van der Waals surface area contributed by atoms with Crippen LogP contribution < -0.4 is 5.32 Å². The number of H-pyrrole nitrogens is 1. The number of carbonyl (C=O) groups is 2. The fraction of sp³-hybridized carbons (Fsp3) is 0.368. The lowest BCUT2D eigenvalue weighted by atomic mass is 10.0. The van der Waals surface area contributed by atoms with Crippen LogP contribution in [0.4, 0.5) is 10.1 Å². The summed E-state index contributed by atoms with van der Waals surface area (Å²) >= 11 is 0. The minimum absolute atomic E-state index is 0.211. The number of esters is 1. The maximum absolute atomic E-state index is 13.7. The van der Waals surface area contributed by atoms with Gasteiger partial charge in [0, 0.05) is 11.4 Å².